The van der Waals surface area contributed by atoms with Crippen LogP contribution >= 0.6 is 11.6 Å². The van der Waals surface area contributed by atoms with Crippen molar-refractivity contribution in [3.8, 4) is 17.2 Å². The zero-order chi connectivity index (χ0) is 24.1. The maximum absolute atomic E-state index is 7.02. The summed E-state index contributed by atoms with van der Waals surface area (Å²) in [4.78, 5) is 0. The summed E-state index contributed by atoms with van der Waals surface area (Å²) in [6, 6.07) is 22.8. The Hall–Kier alpha value is -3.63. The van der Waals surface area contributed by atoms with Crippen molar-refractivity contribution in [2.75, 3.05) is 14.2 Å². The van der Waals surface area contributed by atoms with Crippen molar-refractivity contribution in [2.24, 2.45) is 0 Å². The molecular weight excluding hydrogens is 458 g/mol. The van der Waals surface area contributed by atoms with Gasteiger partial charge >= 0.3 is 0 Å². The highest BCUT2D eigenvalue weighted by molar-refractivity contribution is 6.37. The van der Waals surface area contributed by atoms with E-state index in [1.165, 1.54) is 5.56 Å². The quantitative estimate of drug-likeness (QED) is 0.237. The Morgan fingerprint density at radius 1 is 0.829 bits per heavy atom. The highest BCUT2D eigenvalue weighted by Gasteiger charge is 2.23. The van der Waals surface area contributed by atoms with Crippen LogP contribution in [-0.4, -0.2) is 18.8 Å². The van der Waals surface area contributed by atoms with Crippen molar-refractivity contribution < 1.29 is 13.9 Å². The molecule has 0 unspecified atom stereocenters. The standard InChI is InChI=1S/C30H26ClNO3/c1-4-5-7-18-14-24-28(25(31)15-18)32(26-9-6-8-19-16-20(33-2)10-12-22(19)26)29-23-13-11-21(34-3)17-27(23)35-30(24)29/h6,8-17H,4-5,7H2,1-3H3. The Kier molecular flexibility index (Phi) is 5.34. The molecule has 0 aliphatic heterocycles. The van der Waals surface area contributed by atoms with Crippen molar-refractivity contribution in [1.29, 1.82) is 0 Å². The van der Waals surface area contributed by atoms with Crippen LogP contribution in [0, 0.1) is 0 Å². The SMILES string of the molecule is CCCCc1cc(Cl)c2c(c1)c1oc3cc(OC)ccc3c1n2-c1cccc2cc(OC)ccc12. The maximum Gasteiger partial charge on any atom is 0.161 e. The number of hydrogen-bond acceptors (Lipinski definition) is 3. The topological polar surface area (TPSA) is 36.5 Å². The van der Waals surface area contributed by atoms with E-state index in [4.69, 9.17) is 25.5 Å². The van der Waals surface area contributed by atoms with Crippen LogP contribution in [0.4, 0.5) is 0 Å². The summed E-state index contributed by atoms with van der Waals surface area (Å²) >= 11 is 7.02. The van der Waals surface area contributed by atoms with E-state index in [0.29, 0.717) is 0 Å². The minimum atomic E-state index is 0.729. The Morgan fingerprint density at radius 3 is 2.37 bits per heavy atom. The fourth-order valence-corrected chi connectivity index (χ4v) is 5.42. The molecular formula is C30H26ClNO3. The Balaban J connectivity index is 1.76. The molecule has 0 spiro atoms. The van der Waals surface area contributed by atoms with Gasteiger partial charge in [-0.3, -0.25) is 0 Å². The molecule has 0 radical (unpaired) electrons. The van der Waals surface area contributed by atoms with Gasteiger partial charge in [-0.25, -0.2) is 0 Å². The van der Waals surface area contributed by atoms with Crippen LogP contribution in [0.1, 0.15) is 25.3 Å². The molecule has 0 fully saturated rings. The van der Waals surface area contributed by atoms with Gasteiger partial charge in [0.05, 0.1) is 30.4 Å². The first-order valence-electron chi connectivity index (χ1n) is 11.9. The van der Waals surface area contributed by atoms with Crippen LogP contribution < -0.4 is 9.47 Å². The first kappa shape index (κ1) is 21.9. The monoisotopic (exact) mass is 483 g/mol. The van der Waals surface area contributed by atoms with Gasteiger partial charge in [0.2, 0.25) is 0 Å². The molecule has 0 aliphatic carbocycles. The van der Waals surface area contributed by atoms with E-state index in [1.807, 2.05) is 18.2 Å². The van der Waals surface area contributed by atoms with Crippen LogP contribution in [0.25, 0.3) is 49.4 Å². The van der Waals surface area contributed by atoms with Crippen molar-refractivity contribution in [2.45, 2.75) is 26.2 Å². The summed E-state index contributed by atoms with van der Waals surface area (Å²) in [6.45, 7) is 2.21. The Bertz CT molecular complexity index is 1730. The zero-order valence-electron chi connectivity index (χ0n) is 20.0. The average Bonchev–Trinajstić information content (AvgIpc) is 3.41. The van der Waals surface area contributed by atoms with Crippen molar-refractivity contribution in [3.63, 3.8) is 0 Å². The van der Waals surface area contributed by atoms with Crippen molar-refractivity contribution in [1.82, 2.24) is 4.57 Å². The molecule has 5 heteroatoms. The molecule has 2 heterocycles. The minimum absolute atomic E-state index is 0.729. The highest BCUT2D eigenvalue weighted by Crippen LogP contribution is 2.43. The molecule has 35 heavy (non-hydrogen) atoms. The summed E-state index contributed by atoms with van der Waals surface area (Å²) in [7, 11) is 3.36. The van der Waals surface area contributed by atoms with Gasteiger partial charge in [-0.1, -0.05) is 37.1 Å². The molecule has 0 bridgehead atoms. The van der Waals surface area contributed by atoms with E-state index < -0.39 is 0 Å². The second kappa shape index (κ2) is 8.54. The first-order chi connectivity index (χ1) is 17.1. The molecule has 0 aliphatic rings. The third kappa shape index (κ3) is 3.43. The lowest BCUT2D eigenvalue weighted by atomic mass is 10.1. The molecule has 2 aromatic heterocycles. The average molecular weight is 484 g/mol. The summed E-state index contributed by atoms with van der Waals surface area (Å²) in [5, 5.41) is 4.99. The predicted octanol–water partition coefficient (Wildman–Crippen LogP) is 8.70. The Morgan fingerprint density at radius 2 is 1.60 bits per heavy atom. The van der Waals surface area contributed by atoms with Crippen molar-refractivity contribution in [3.05, 3.63) is 77.3 Å². The van der Waals surface area contributed by atoms with Crippen LogP contribution in [0.15, 0.2) is 71.1 Å². The van der Waals surface area contributed by atoms with Crippen LogP contribution in [0.3, 0.4) is 0 Å². The number of unbranched alkanes of at least 4 members (excludes halogenated alkanes) is 1. The lowest BCUT2D eigenvalue weighted by molar-refractivity contribution is 0.414. The number of ether oxygens (including phenoxy) is 2. The van der Waals surface area contributed by atoms with Gasteiger partial charge in [-0.2, -0.15) is 0 Å². The molecule has 6 rings (SSSR count). The molecule has 4 aromatic carbocycles. The van der Waals surface area contributed by atoms with Gasteiger partial charge in [0.15, 0.2) is 5.58 Å². The molecule has 176 valence electrons. The summed E-state index contributed by atoms with van der Waals surface area (Å²) in [5.41, 5.74) is 5.88. The maximum atomic E-state index is 7.02. The van der Waals surface area contributed by atoms with E-state index in [9.17, 15) is 0 Å². The number of benzene rings is 4. The molecule has 6 aromatic rings. The summed E-state index contributed by atoms with van der Waals surface area (Å²) < 4.78 is 19.7. The van der Waals surface area contributed by atoms with Gasteiger partial charge in [-0.05, 0) is 72.3 Å². The summed E-state index contributed by atoms with van der Waals surface area (Å²) in [6.07, 6.45) is 3.24. The normalized spacial score (nSPS) is 11.8. The number of aromatic nitrogens is 1. The van der Waals surface area contributed by atoms with Crippen LogP contribution in [-0.2, 0) is 6.42 Å². The number of nitrogens with zero attached hydrogens (tertiary/aromatic N) is 1. The van der Waals surface area contributed by atoms with Gasteiger partial charge in [0.1, 0.15) is 22.6 Å². The number of rotatable bonds is 6. The predicted molar refractivity (Wildman–Crippen MR) is 145 cm³/mol. The molecule has 0 saturated heterocycles. The third-order valence-electron chi connectivity index (χ3n) is 6.81. The van der Waals surface area contributed by atoms with E-state index >= 15 is 0 Å². The van der Waals surface area contributed by atoms with Crippen molar-refractivity contribution >= 4 is 55.3 Å². The molecule has 0 N–H and O–H groups in total. The fourth-order valence-electron chi connectivity index (χ4n) is 5.09. The van der Waals surface area contributed by atoms with E-state index in [2.05, 4.69) is 60.0 Å². The van der Waals surface area contributed by atoms with E-state index in [1.54, 1.807) is 14.2 Å². The zero-order valence-corrected chi connectivity index (χ0v) is 20.8. The second-order valence-electron chi connectivity index (χ2n) is 8.92. The second-order valence-corrected chi connectivity index (χ2v) is 9.33. The number of halogens is 1. The minimum Gasteiger partial charge on any atom is -0.497 e. The lowest BCUT2D eigenvalue weighted by Crippen LogP contribution is -1.97. The first-order valence-corrected chi connectivity index (χ1v) is 12.3. The van der Waals surface area contributed by atoms with E-state index in [-0.39, 0.29) is 0 Å². The summed E-state index contributed by atoms with van der Waals surface area (Å²) in [5.74, 6) is 1.60. The number of hydrogen-bond donors (Lipinski definition) is 0. The fraction of sp³-hybridized carbons (Fsp3) is 0.200. The van der Waals surface area contributed by atoms with Gasteiger partial charge < -0.3 is 18.5 Å². The number of furan rings is 1. The molecule has 0 amide bonds. The lowest BCUT2D eigenvalue weighted by Gasteiger charge is -2.13. The van der Waals surface area contributed by atoms with Crippen LogP contribution in [0.5, 0.6) is 11.5 Å². The van der Waals surface area contributed by atoms with Gasteiger partial charge in [0, 0.05) is 22.2 Å². The van der Waals surface area contributed by atoms with Gasteiger partial charge in [0.25, 0.3) is 0 Å². The number of fused-ring (bicyclic) bond motifs is 6. The highest BCUT2D eigenvalue weighted by atomic mass is 35.5. The third-order valence-corrected chi connectivity index (χ3v) is 7.10. The van der Waals surface area contributed by atoms with Gasteiger partial charge in [-0.15, -0.1) is 0 Å². The number of methoxy groups -OCH3 is 2. The Labute approximate surface area is 208 Å². The number of aryl methyl sites for hydroxylation is 1. The van der Waals surface area contributed by atoms with E-state index in [0.717, 1.165) is 85.2 Å². The van der Waals surface area contributed by atoms with Crippen LogP contribution in [0.2, 0.25) is 5.02 Å². The molecule has 0 atom stereocenters. The molecule has 4 nitrogen and oxygen atoms in total. The largest absolute Gasteiger partial charge is 0.497 e. The smallest absolute Gasteiger partial charge is 0.161 e. The molecule has 0 saturated carbocycles.